The number of nitrogens with two attached hydrogens (primary N) is 1. The monoisotopic (exact) mass is 311 g/mol. The molecule has 1 aromatic heterocycles. The number of piperazine rings is 1. The Morgan fingerprint density at radius 3 is 2.38 bits per heavy atom. The van der Waals surface area contributed by atoms with Gasteiger partial charge >= 0.3 is 5.97 Å². The van der Waals surface area contributed by atoms with E-state index in [0.717, 1.165) is 0 Å². The summed E-state index contributed by atoms with van der Waals surface area (Å²) >= 11 is 1.39. The van der Waals surface area contributed by atoms with Gasteiger partial charge in [0.2, 0.25) is 5.91 Å². The fourth-order valence-electron chi connectivity index (χ4n) is 2.20. The minimum Gasteiger partial charge on any atom is -0.481 e. The summed E-state index contributed by atoms with van der Waals surface area (Å²) < 4.78 is 0. The van der Waals surface area contributed by atoms with Gasteiger partial charge in [-0.15, -0.1) is 11.3 Å². The molecular weight excluding hydrogens is 294 g/mol. The molecule has 0 radical (unpaired) electrons. The number of carbonyl (C=O) groups is 3. The zero-order valence-corrected chi connectivity index (χ0v) is 12.2. The van der Waals surface area contributed by atoms with Crippen molar-refractivity contribution in [2.24, 2.45) is 5.73 Å². The Kier molecular flexibility index (Phi) is 4.92. The molecule has 0 aliphatic carbocycles. The molecule has 21 heavy (non-hydrogen) atoms. The van der Waals surface area contributed by atoms with Crippen molar-refractivity contribution in [3.8, 4) is 0 Å². The van der Waals surface area contributed by atoms with Gasteiger partial charge in [0.1, 0.15) is 0 Å². The summed E-state index contributed by atoms with van der Waals surface area (Å²) in [5.74, 6) is -1.50. The van der Waals surface area contributed by atoms with Gasteiger partial charge in [-0.3, -0.25) is 14.4 Å². The van der Waals surface area contributed by atoms with Crippen LogP contribution >= 0.6 is 11.3 Å². The van der Waals surface area contributed by atoms with Crippen molar-refractivity contribution in [3.05, 3.63) is 22.4 Å². The molecule has 2 amide bonds. The first-order chi connectivity index (χ1) is 9.99. The second-order valence-corrected chi connectivity index (χ2v) is 5.75. The number of carboxylic acids is 1. The van der Waals surface area contributed by atoms with Crippen LogP contribution in [0.4, 0.5) is 0 Å². The maximum Gasteiger partial charge on any atom is 0.305 e. The van der Waals surface area contributed by atoms with Crippen LogP contribution < -0.4 is 5.73 Å². The number of hydrogen-bond donors (Lipinski definition) is 2. The summed E-state index contributed by atoms with van der Waals surface area (Å²) in [5.41, 5.74) is 5.57. The molecule has 0 saturated carbocycles. The van der Waals surface area contributed by atoms with Crippen molar-refractivity contribution in [2.45, 2.75) is 12.5 Å². The lowest BCUT2D eigenvalue weighted by Crippen LogP contribution is -2.54. The van der Waals surface area contributed by atoms with Crippen LogP contribution in [0, 0.1) is 0 Å². The summed E-state index contributed by atoms with van der Waals surface area (Å²) in [4.78, 5) is 38.6. The number of aliphatic carboxylic acids is 1. The average Bonchev–Trinajstić information content (AvgIpc) is 2.99. The Labute approximate surface area is 125 Å². The van der Waals surface area contributed by atoms with Crippen molar-refractivity contribution in [1.29, 1.82) is 0 Å². The lowest BCUT2D eigenvalue weighted by molar-refractivity contribution is -0.142. The molecule has 0 bridgehead atoms. The van der Waals surface area contributed by atoms with Gasteiger partial charge in [0.05, 0.1) is 17.3 Å². The van der Waals surface area contributed by atoms with Gasteiger partial charge in [0.15, 0.2) is 0 Å². The van der Waals surface area contributed by atoms with Crippen LogP contribution in [0.3, 0.4) is 0 Å². The van der Waals surface area contributed by atoms with Crippen molar-refractivity contribution in [1.82, 2.24) is 9.80 Å². The molecule has 1 aliphatic rings. The molecule has 3 N–H and O–H groups in total. The standard InChI is InChI=1S/C13H17N3O4S/c14-9(8-11(17)18)12(19)15-3-5-16(6-4-15)13(20)10-2-1-7-21-10/h1-2,7,9H,3-6,8,14H2,(H,17,18). The molecule has 0 spiro atoms. The van der Waals surface area contributed by atoms with Crippen LogP contribution in [0.25, 0.3) is 0 Å². The van der Waals surface area contributed by atoms with E-state index in [1.54, 1.807) is 11.0 Å². The zero-order valence-electron chi connectivity index (χ0n) is 11.4. The molecule has 7 nitrogen and oxygen atoms in total. The second-order valence-electron chi connectivity index (χ2n) is 4.80. The normalized spacial score (nSPS) is 16.6. The van der Waals surface area contributed by atoms with Gasteiger partial charge in [-0.1, -0.05) is 6.07 Å². The molecule has 114 valence electrons. The predicted molar refractivity (Wildman–Crippen MR) is 77.0 cm³/mol. The third-order valence-corrected chi connectivity index (χ3v) is 4.18. The highest BCUT2D eigenvalue weighted by atomic mass is 32.1. The first-order valence-corrected chi connectivity index (χ1v) is 7.46. The molecule has 0 aromatic carbocycles. The molecule has 1 atom stereocenters. The highest BCUT2D eigenvalue weighted by Gasteiger charge is 2.28. The predicted octanol–water partition coefficient (Wildman–Crippen LogP) is -0.165. The summed E-state index contributed by atoms with van der Waals surface area (Å²) in [6, 6.07) is 2.57. The fourth-order valence-corrected chi connectivity index (χ4v) is 2.89. The molecule has 8 heteroatoms. The Hall–Kier alpha value is -1.93. The molecular formula is C13H17N3O4S. The van der Waals surface area contributed by atoms with Crippen LogP contribution in [0.5, 0.6) is 0 Å². The van der Waals surface area contributed by atoms with E-state index in [1.165, 1.54) is 16.2 Å². The molecule has 2 heterocycles. The molecule has 1 aromatic rings. The first kappa shape index (κ1) is 15.5. The number of carbonyl (C=O) groups excluding carboxylic acids is 2. The van der Waals surface area contributed by atoms with Crippen LogP contribution in [-0.4, -0.2) is 64.9 Å². The maximum absolute atomic E-state index is 12.1. The number of hydrogen-bond acceptors (Lipinski definition) is 5. The van der Waals surface area contributed by atoms with Gasteiger partial charge in [-0.05, 0) is 11.4 Å². The van der Waals surface area contributed by atoms with Gasteiger partial charge in [-0.25, -0.2) is 0 Å². The van der Waals surface area contributed by atoms with Gasteiger partial charge in [-0.2, -0.15) is 0 Å². The number of thiophene rings is 1. The number of nitrogens with zero attached hydrogens (tertiary/aromatic N) is 2. The third kappa shape index (κ3) is 3.79. The molecule has 1 unspecified atom stereocenters. The average molecular weight is 311 g/mol. The maximum atomic E-state index is 12.1. The van der Waals surface area contributed by atoms with Gasteiger partial charge in [0.25, 0.3) is 5.91 Å². The Balaban J connectivity index is 1.87. The fraction of sp³-hybridized carbons (Fsp3) is 0.462. The molecule has 1 fully saturated rings. The van der Waals surface area contributed by atoms with Gasteiger partial charge < -0.3 is 20.6 Å². The van der Waals surface area contributed by atoms with E-state index in [-0.39, 0.29) is 18.2 Å². The summed E-state index contributed by atoms with van der Waals surface area (Å²) in [6.45, 7) is 1.62. The van der Waals surface area contributed by atoms with Crippen LogP contribution in [0.15, 0.2) is 17.5 Å². The molecule has 1 aliphatic heterocycles. The quantitative estimate of drug-likeness (QED) is 0.804. The van der Waals surface area contributed by atoms with Crippen molar-refractivity contribution >= 4 is 29.1 Å². The number of rotatable bonds is 4. The zero-order chi connectivity index (χ0) is 15.4. The lowest BCUT2D eigenvalue weighted by Gasteiger charge is -2.35. The minimum atomic E-state index is -1.10. The van der Waals surface area contributed by atoms with Crippen LogP contribution in [-0.2, 0) is 9.59 Å². The van der Waals surface area contributed by atoms with Crippen molar-refractivity contribution in [2.75, 3.05) is 26.2 Å². The number of carboxylic acid groups (broad SMARTS) is 1. The second kappa shape index (κ2) is 6.68. The highest BCUT2D eigenvalue weighted by molar-refractivity contribution is 7.12. The van der Waals surface area contributed by atoms with Crippen molar-refractivity contribution in [3.63, 3.8) is 0 Å². The molecule has 1 saturated heterocycles. The van der Waals surface area contributed by atoms with E-state index >= 15 is 0 Å². The first-order valence-electron chi connectivity index (χ1n) is 6.58. The van der Waals surface area contributed by atoms with E-state index < -0.39 is 12.0 Å². The van der Waals surface area contributed by atoms with Crippen molar-refractivity contribution < 1.29 is 19.5 Å². The van der Waals surface area contributed by atoms with Crippen LogP contribution in [0.2, 0.25) is 0 Å². The SMILES string of the molecule is NC(CC(=O)O)C(=O)N1CCN(C(=O)c2cccs2)CC1. The van der Waals surface area contributed by atoms with E-state index in [1.807, 2.05) is 11.4 Å². The van der Waals surface area contributed by atoms with E-state index in [4.69, 9.17) is 10.8 Å². The Morgan fingerprint density at radius 1 is 1.24 bits per heavy atom. The van der Waals surface area contributed by atoms with Crippen LogP contribution in [0.1, 0.15) is 16.1 Å². The number of amides is 2. The lowest BCUT2D eigenvalue weighted by atomic mass is 10.1. The summed E-state index contributed by atoms with van der Waals surface area (Å²) in [7, 11) is 0. The Morgan fingerprint density at radius 2 is 1.86 bits per heavy atom. The minimum absolute atomic E-state index is 0.0352. The summed E-state index contributed by atoms with van der Waals surface area (Å²) in [5, 5.41) is 10.5. The largest absolute Gasteiger partial charge is 0.481 e. The third-order valence-electron chi connectivity index (χ3n) is 3.32. The highest BCUT2D eigenvalue weighted by Crippen LogP contribution is 2.14. The summed E-state index contributed by atoms with van der Waals surface area (Å²) in [6.07, 6.45) is -0.382. The van der Waals surface area contributed by atoms with Gasteiger partial charge in [0, 0.05) is 26.2 Å². The van der Waals surface area contributed by atoms with E-state index in [9.17, 15) is 14.4 Å². The van der Waals surface area contributed by atoms with E-state index in [2.05, 4.69) is 0 Å². The molecule has 2 rings (SSSR count). The Bertz CT molecular complexity index is 524. The smallest absolute Gasteiger partial charge is 0.305 e. The topological polar surface area (TPSA) is 104 Å². The van der Waals surface area contributed by atoms with E-state index in [0.29, 0.717) is 31.1 Å².